The number of aromatic nitrogens is 1. The second-order valence-electron chi connectivity index (χ2n) is 10.4. The van der Waals surface area contributed by atoms with Crippen molar-refractivity contribution in [2.45, 2.75) is 45.6 Å². The minimum atomic E-state index is -4.55. The van der Waals surface area contributed by atoms with Gasteiger partial charge in [-0.3, -0.25) is 0 Å². The number of halogens is 4. The molecule has 1 heterocycles. The van der Waals surface area contributed by atoms with Crippen LogP contribution in [-0.2, 0) is 12.7 Å². The largest absolute Gasteiger partial charge is 0.455 e. The quantitative estimate of drug-likeness (QED) is 0.181. The minimum Gasteiger partial charge on any atom is -0.455 e. The van der Waals surface area contributed by atoms with Gasteiger partial charge in [0.25, 0.3) is 0 Å². The number of hydrogen-bond acceptors (Lipinski definition) is 2. The third-order valence-electron chi connectivity index (χ3n) is 6.82. The van der Waals surface area contributed by atoms with Gasteiger partial charge in [0.05, 0.1) is 11.3 Å². The average molecular weight is 613 g/mol. The van der Waals surface area contributed by atoms with Crippen molar-refractivity contribution in [2.24, 2.45) is 4.74 Å². The molecule has 0 saturated heterocycles. The lowest BCUT2D eigenvalue weighted by Crippen LogP contribution is -2.27. The number of rotatable bonds is 5. The molecule has 0 spiro atoms. The summed E-state index contributed by atoms with van der Waals surface area (Å²) in [6.45, 7) is 8.85. The molecule has 0 aliphatic heterocycles. The summed E-state index contributed by atoms with van der Waals surface area (Å²) in [4.78, 5) is 0. The first-order chi connectivity index (χ1) is 18.4. The van der Waals surface area contributed by atoms with Crippen LogP contribution in [0.1, 0.15) is 33.3 Å². The zero-order valence-corrected chi connectivity index (χ0v) is 24.6. The zero-order chi connectivity index (χ0) is 28.0. The summed E-state index contributed by atoms with van der Waals surface area (Å²) in [5, 5.41) is 2.24. The zero-order valence-electron chi connectivity index (χ0n) is 22.1. The Hall–Kier alpha value is -3.02. The topological polar surface area (TPSA) is 26.5 Å². The predicted molar refractivity (Wildman–Crippen MR) is 160 cm³/mol. The molecular formula is C31H29BrF3N2OP. The first-order valence-electron chi connectivity index (χ1n) is 12.7. The lowest BCUT2D eigenvalue weighted by atomic mass is 10.1. The number of para-hydroxylation sites is 1. The summed E-state index contributed by atoms with van der Waals surface area (Å²) in [6, 6.07) is 27.1. The Bertz CT molecular complexity index is 1730. The van der Waals surface area contributed by atoms with E-state index in [-0.39, 0.29) is 5.69 Å². The molecule has 1 aromatic heterocycles. The maximum absolute atomic E-state index is 14.1. The second kappa shape index (κ2) is 10.2. The van der Waals surface area contributed by atoms with Gasteiger partial charge in [-0.1, -0.05) is 73.1 Å². The highest BCUT2D eigenvalue weighted by Gasteiger charge is 2.41. The van der Waals surface area contributed by atoms with E-state index in [0.29, 0.717) is 5.75 Å². The average Bonchev–Trinajstić information content (AvgIpc) is 3.20. The van der Waals surface area contributed by atoms with Crippen LogP contribution in [0.2, 0.25) is 0 Å². The van der Waals surface area contributed by atoms with Gasteiger partial charge in [-0.15, -0.1) is 0 Å². The number of aryl methyl sites for hydroxylation is 1. The first kappa shape index (κ1) is 27.5. The second-order valence-corrected chi connectivity index (χ2v) is 14.7. The van der Waals surface area contributed by atoms with Crippen molar-refractivity contribution in [3.8, 4) is 5.75 Å². The Balaban J connectivity index is 1.89. The molecule has 0 aliphatic rings. The Labute approximate surface area is 234 Å². The molecule has 1 atom stereocenters. The molecule has 0 aliphatic carbocycles. The van der Waals surface area contributed by atoms with Gasteiger partial charge in [0.1, 0.15) is 5.75 Å². The summed E-state index contributed by atoms with van der Waals surface area (Å²) in [5.74, 6) is 0.539. The molecule has 202 valence electrons. The number of hydrogen-bond donors (Lipinski definition) is 0. The Morgan fingerprint density at radius 3 is 2.21 bits per heavy atom. The van der Waals surface area contributed by atoms with Gasteiger partial charge in [-0.2, -0.15) is 13.2 Å². The molecule has 3 nitrogen and oxygen atoms in total. The van der Waals surface area contributed by atoms with Crippen LogP contribution < -0.4 is 9.83 Å². The molecule has 0 radical (unpaired) electrons. The van der Waals surface area contributed by atoms with Gasteiger partial charge >= 0.3 is 6.18 Å². The van der Waals surface area contributed by atoms with Crippen molar-refractivity contribution >= 4 is 56.0 Å². The molecular weight excluding hydrogens is 584 g/mol. The smallest absolute Gasteiger partial charge is 0.418 e. The van der Waals surface area contributed by atoms with E-state index in [4.69, 9.17) is 9.27 Å². The molecule has 0 fully saturated rings. The minimum absolute atomic E-state index is 0.126. The monoisotopic (exact) mass is 612 g/mol. The fraction of sp³-hybridized carbons (Fsp3) is 0.226. The molecule has 0 N–H and O–H groups in total. The molecule has 5 rings (SSSR count). The van der Waals surface area contributed by atoms with Crippen molar-refractivity contribution in [3.05, 3.63) is 101 Å². The van der Waals surface area contributed by atoms with Gasteiger partial charge in [0.2, 0.25) is 0 Å². The molecule has 5 aromatic rings. The van der Waals surface area contributed by atoms with E-state index >= 15 is 0 Å². The highest BCUT2D eigenvalue weighted by Crippen LogP contribution is 2.63. The maximum atomic E-state index is 14.1. The Morgan fingerprint density at radius 2 is 1.51 bits per heavy atom. The van der Waals surface area contributed by atoms with Gasteiger partial charge < -0.3 is 9.09 Å². The fourth-order valence-electron chi connectivity index (χ4n) is 5.00. The fourth-order valence-corrected chi connectivity index (χ4v) is 8.47. The molecule has 0 saturated carbocycles. The number of benzene rings is 4. The van der Waals surface area contributed by atoms with Crippen molar-refractivity contribution < 1.29 is 17.7 Å². The number of alkyl halides is 3. The van der Waals surface area contributed by atoms with Crippen LogP contribution in [0.5, 0.6) is 5.75 Å². The summed E-state index contributed by atoms with van der Waals surface area (Å²) in [6.07, 6.45) is -4.55. The third-order valence-corrected chi connectivity index (χ3v) is 11.1. The lowest BCUT2D eigenvalue weighted by molar-refractivity contribution is -0.137. The maximum Gasteiger partial charge on any atom is 0.418 e. The molecule has 0 unspecified atom stereocenters. The molecule has 8 heteroatoms. The van der Waals surface area contributed by atoms with E-state index in [2.05, 4.69) is 45.6 Å². The molecule has 4 aromatic carbocycles. The summed E-state index contributed by atoms with van der Waals surface area (Å²) >= 11 is 3.50. The highest BCUT2D eigenvalue weighted by atomic mass is 79.9. The predicted octanol–water partition coefficient (Wildman–Crippen LogP) is 10.5. The lowest BCUT2D eigenvalue weighted by Gasteiger charge is -2.37. The summed E-state index contributed by atoms with van der Waals surface area (Å²) < 4.78 is 57.3. The van der Waals surface area contributed by atoms with Gasteiger partial charge in [0, 0.05) is 43.3 Å². The SMILES string of the molecule is CCn1c2ccccc2c2cc([P@](=Nc3ccccc3C(F)(F)F)(Oc3cccc(Br)c3)C(C)(C)C)ccc21. The summed E-state index contributed by atoms with van der Waals surface area (Å²) in [7, 11) is -3.18. The Kier molecular flexibility index (Phi) is 7.19. The first-order valence-corrected chi connectivity index (χ1v) is 15.2. The van der Waals surface area contributed by atoms with Crippen molar-refractivity contribution in [3.63, 3.8) is 0 Å². The van der Waals surface area contributed by atoms with Crippen LogP contribution in [0.15, 0.2) is 100 Å². The van der Waals surface area contributed by atoms with Crippen LogP contribution in [-0.4, -0.2) is 9.72 Å². The number of fused-ring (bicyclic) bond motifs is 3. The van der Waals surface area contributed by atoms with Gasteiger partial charge in [-0.05, 0) is 61.5 Å². The van der Waals surface area contributed by atoms with Crippen LogP contribution in [0.3, 0.4) is 0 Å². The van der Waals surface area contributed by atoms with Gasteiger partial charge in [-0.25, -0.2) is 4.74 Å². The molecule has 0 bridgehead atoms. The third kappa shape index (κ3) is 5.03. The number of nitrogens with zero attached hydrogens (tertiary/aromatic N) is 2. The Morgan fingerprint density at radius 1 is 0.821 bits per heavy atom. The van der Waals surface area contributed by atoms with Crippen LogP contribution >= 0.6 is 23.2 Å². The van der Waals surface area contributed by atoms with E-state index in [1.165, 1.54) is 12.1 Å². The van der Waals surface area contributed by atoms with Crippen LogP contribution in [0, 0.1) is 0 Å². The van der Waals surface area contributed by atoms with E-state index in [9.17, 15) is 13.2 Å². The highest BCUT2D eigenvalue weighted by molar-refractivity contribution is 9.10. The standard InChI is InChI=1S/C31H29BrF3N2OP/c1-5-37-28-16-9-6-13-24(28)25-20-23(17-18-29(25)37)39(30(2,3)4,38-22-12-10-11-21(32)19-22)36-27-15-8-7-14-26(27)31(33,34)35/h6-20H,5H2,1-4H3/t39-/m0/s1. The van der Waals surface area contributed by atoms with Crippen LogP contribution in [0.25, 0.3) is 21.8 Å². The van der Waals surface area contributed by atoms with Crippen molar-refractivity contribution in [1.29, 1.82) is 0 Å². The van der Waals surface area contributed by atoms with Crippen molar-refractivity contribution in [1.82, 2.24) is 4.57 Å². The van der Waals surface area contributed by atoms with Crippen molar-refractivity contribution in [2.75, 3.05) is 0 Å². The van der Waals surface area contributed by atoms with E-state index in [0.717, 1.165) is 44.2 Å². The van der Waals surface area contributed by atoms with E-state index in [1.807, 2.05) is 69.3 Å². The molecule has 39 heavy (non-hydrogen) atoms. The van der Waals surface area contributed by atoms with E-state index in [1.54, 1.807) is 6.07 Å². The summed E-state index contributed by atoms with van der Waals surface area (Å²) in [5.41, 5.74) is 1.27. The van der Waals surface area contributed by atoms with Gasteiger partial charge in [0.15, 0.2) is 7.28 Å². The van der Waals surface area contributed by atoms with Crippen LogP contribution in [0.4, 0.5) is 18.9 Å². The normalized spacial score (nSPS) is 13.9. The van der Waals surface area contributed by atoms with E-state index < -0.39 is 24.2 Å². The molecule has 0 amide bonds.